The van der Waals surface area contributed by atoms with Gasteiger partial charge >= 0.3 is 0 Å². The van der Waals surface area contributed by atoms with Crippen LogP contribution in [0.15, 0.2) is 24.3 Å². The van der Waals surface area contributed by atoms with Gasteiger partial charge in [-0.2, -0.15) is 0 Å². The summed E-state index contributed by atoms with van der Waals surface area (Å²) in [6.07, 6.45) is 5.44. The first-order valence-electron chi connectivity index (χ1n) is 8.11. The zero-order chi connectivity index (χ0) is 15.2. The van der Waals surface area contributed by atoms with Gasteiger partial charge in [-0.3, -0.25) is 9.69 Å². The topological polar surface area (TPSA) is 20.3 Å². The van der Waals surface area contributed by atoms with Crippen molar-refractivity contribution in [2.24, 2.45) is 5.92 Å². The monoisotopic (exact) mass is 291 g/mol. The van der Waals surface area contributed by atoms with Crippen LogP contribution in [0.4, 0.5) is 4.39 Å². The van der Waals surface area contributed by atoms with Crippen LogP contribution in [0.25, 0.3) is 0 Å². The number of benzene rings is 1. The van der Waals surface area contributed by atoms with E-state index in [0.29, 0.717) is 0 Å². The van der Waals surface area contributed by atoms with E-state index in [2.05, 4.69) is 11.8 Å². The van der Waals surface area contributed by atoms with Crippen molar-refractivity contribution in [1.82, 2.24) is 4.90 Å². The molecule has 1 saturated heterocycles. The minimum Gasteiger partial charge on any atom is -0.300 e. The summed E-state index contributed by atoms with van der Waals surface area (Å²) in [5.41, 5.74) is 1.14. The van der Waals surface area contributed by atoms with E-state index in [1.807, 2.05) is 12.1 Å². The van der Waals surface area contributed by atoms with Crippen molar-refractivity contribution >= 4 is 5.78 Å². The summed E-state index contributed by atoms with van der Waals surface area (Å²) in [6, 6.07) is 7.05. The molecule has 1 aliphatic rings. The first kappa shape index (κ1) is 16.2. The molecule has 3 heteroatoms. The Morgan fingerprint density at radius 2 is 1.81 bits per heavy atom. The zero-order valence-corrected chi connectivity index (χ0v) is 13.1. The third kappa shape index (κ3) is 4.37. The SMILES string of the molecule is CCC(CC(c1ccc(F)cc1)N1CCCCC1)C(C)=O. The molecule has 1 fully saturated rings. The smallest absolute Gasteiger partial charge is 0.132 e. The van der Waals surface area contributed by atoms with Crippen LogP contribution in [0.3, 0.4) is 0 Å². The van der Waals surface area contributed by atoms with E-state index < -0.39 is 0 Å². The molecule has 1 aliphatic heterocycles. The van der Waals surface area contributed by atoms with Gasteiger partial charge in [-0.25, -0.2) is 4.39 Å². The molecule has 0 N–H and O–H groups in total. The molecule has 116 valence electrons. The van der Waals surface area contributed by atoms with Crippen LogP contribution in [-0.4, -0.2) is 23.8 Å². The third-order valence-corrected chi connectivity index (χ3v) is 4.66. The van der Waals surface area contributed by atoms with Gasteiger partial charge in [0, 0.05) is 12.0 Å². The summed E-state index contributed by atoms with van der Waals surface area (Å²) in [7, 11) is 0. The van der Waals surface area contributed by atoms with E-state index in [0.717, 1.165) is 31.5 Å². The van der Waals surface area contributed by atoms with Crippen LogP contribution in [0, 0.1) is 11.7 Å². The molecule has 2 nitrogen and oxygen atoms in total. The molecule has 0 aromatic heterocycles. The number of carbonyl (C=O) groups excluding carboxylic acids is 1. The van der Waals surface area contributed by atoms with Gasteiger partial charge in [0.25, 0.3) is 0 Å². The Bertz CT molecular complexity index is 451. The lowest BCUT2D eigenvalue weighted by molar-refractivity contribution is -0.121. The Balaban J connectivity index is 2.20. The van der Waals surface area contributed by atoms with E-state index in [1.54, 1.807) is 6.92 Å². The summed E-state index contributed by atoms with van der Waals surface area (Å²) in [5.74, 6) is 0.165. The Morgan fingerprint density at radius 1 is 1.19 bits per heavy atom. The fourth-order valence-electron chi connectivity index (χ4n) is 3.30. The Kier molecular flexibility index (Phi) is 5.92. The number of carbonyl (C=O) groups is 1. The van der Waals surface area contributed by atoms with Crippen LogP contribution in [0.2, 0.25) is 0 Å². The number of likely N-dealkylation sites (tertiary alicyclic amines) is 1. The minimum absolute atomic E-state index is 0.0991. The summed E-state index contributed by atoms with van der Waals surface area (Å²) in [5, 5.41) is 0. The Hall–Kier alpha value is -1.22. The van der Waals surface area contributed by atoms with Crippen molar-refractivity contribution in [3.63, 3.8) is 0 Å². The molecule has 1 aromatic rings. The van der Waals surface area contributed by atoms with E-state index >= 15 is 0 Å². The molecule has 0 saturated carbocycles. The lowest BCUT2D eigenvalue weighted by Gasteiger charge is -2.36. The normalized spacial score (nSPS) is 19.2. The largest absolute Gasteiger partial charge is 0.300 e. The number of Topliss-reactive ketones (excluding diaryl/α,β-unsaturated/α-hetero) is 1. The highest BCUT2D eigenvalue weighted by molar-refractivity contribution is 5.78. The van der Waals surface area contributed by atoms with Gasteiger partial charge in [-0.15, -0.1) is 0 Å². The molecule has 0 amide bonds. The zero-order valence-electron chi connectivity index (χ0n) is 13.1. The first-order chi connectivity index (χ1) is 10.1. The molecule has 21 heavy (non-hydrogen) atoms. The molecule has 0 bridgehead atoms. The van der Waals surface area contributed by atoms with E-state index in [9.17, 15) is 9.18 Å². The first-order valence-corrected chi connectivity index (χ1v) is 8.11. The van der Waals surface area contributed by atoms with Crippen molar-refractivity contribution in [3.8, 4) is 0 Å². The van der Waals surface area contributed by atoms with Crippen molar-refractivity contribution in [2.45, 2.75) is 52.0 Å². The summed E-state index contributed by atoms with van der Waals surface area (Å²) in [4.78, 5) is 14.3. The van der Waals surface area contributed by atoms with Crippen molar-refractivity contribution < 1.29 is 9.18 Å². The van der Waals surface area contributed by atoms with Gasteiger partial charge in [-0.05, 0) is 63.4 Å². The number of ketones is 1. The summed E-state index contributed by atoms with van der Waals surface area (Å²) < 4.78 is 13.2. The van der Waals surface area contributed by atoms with Gasteiger partial charge in [0.1, 0.15) is 11.6 Å². The third-order valence-electron chi connectivity index (χ3n) is 4.66. The Labute approximate surface area is 127 Å². The molecular weight excluding hydrogens is 265 g/mol. The highest BCUT2D eigenvalue weighted by Crippen LogP contribution is 2.32. The van der Waals surface area contributed by atoms with Crippen LogP contribution in [0.5, 0.6) is 0 Å². The second-order valence-corrected chi connectivity index (χ2v) is 6.12. The number of piperidine rings is 1. The van der Waals surface area contributed by atoms with Gasteiger partial charge in [0.05, 0.1) is 0 Å². The molecule has 2 rings (SSSR count). The van der Waals surface area contributed by atoms with Crippen molar-refractivity contribution in [1.29, 1.82) is 0 Å². The second-order valence-electron chi connectivity index (χ2n) is 6.12. The highest BCUT2D eigenvalue weighted by atomic mass is 19.1. The average molecular weight is 291 g/mol. The predicted molar refractivity (Wildman–Crippen MR) is 83.6 cm³/mol. The van der Waals surface area contributed by atoms with Crippen LogP contribution in [-0.2, 0) is 4.79 Å². The lowest BCUT2D eigenvalue weighted by Crippen LogP contribution is -2.35. The fourth-order valence-corrected chi connectivity index (χ4v) is 3.30. The highest BCUT2D eigenvalue weighted by Gasteiger charge is 2.26. The molecule has 0 aliphatic carbocycles. The molecular formula is C18H26FNO. The molecule has 2 unspecified atom stereocenters. The van der Waals surface area contributed by atoms with Gasteiger partial charge in [0.15, 0.2) is 0 Å². The van der Waals surface area contributed by atoms with Crippen LogP contribution >= 0.6 is 0 Å². The Morgan fingerprint density at radius 3 is 2.33 bits per heavy atom. The molecule has 0 radical (unpaired) electrons. The maximum Gasteiger partial charge on any atom is 0.132 e. The quantitative estimate of drug-likeness (QED) is 0.776. The number of nitrogens with zero attached hydrogens (tertiary/aromatic N) is 1. The average Bonchev–Trinajstić information content (AvgIpc) is 2.50. The van der Waals surface area contributed by atoms with E-state index in [-0.39, 0.29) is 23.6 Å². The summed E-state index contributed by atoms with van der Waals surface area (Å²) in [6.45, 7) is 5.92. The number of hydrogen-bond acceptors (Lipinski definition) is 2. The van der Waals surface area contributed by atoms with Crippen LogP contribution < -0.4 is 0 Å². The van der Waals surface area contributed by atoms with E-state index in [4.69, 9.17) is 0 Å². The summed E-state index contributed by atoms with van der Waals surface area (Å²) >= 11 is 0. The molecule has 1 heterocycles. The standard InChI is InChI=1S/C18H26FNO/c1-3-15(14(2)21)13-18(20-11-5-4-6-12-20)16-7-9-17(19)10-8-16/h7-10,15,18H,3-6,11-13H2,1-2H3. The molecule has 0 spiro atoms. The van der Waals surface area contributed by atoms with Gasteiger partial charge in [0.2, 0.25) is 0 Å². The van der Waals surface area contributed by atoms with Crippen LogP contribution in [0.1, 0.15) is 57.6 Å². The fraction of sp³-hybridized carbons (Fsp3) is 0.611. The predicted octanol–water partition coefficient (Wildman–Crippen LogP) is 4.36. The molecule has 1 aromatic carbocycles. The van der Waals surface area contributed by atoms with Gasteiger partial charge in [-0.1, -0.05) is 25.5 Å². The number of rotatable bonds is 6. The second kappa shape index (κ2) is 7.69. The lowest BCUT2D eigenvalue weighted by atomic mass is 9.88. The molecule has 2 atom stereocenters. The maximum atomic E-state index is 13.2. The van der Waals surface area contributed by atoms with Gasteiger partial charge < -0.3 is 0 Å². The number of halogens is 1. The van der Waals surface area contributed by atoms with Crippen molar-refractivity contribution in [3.05, 3.63) is 35.6 Å². The number of hydrogen-bond donors (Lipinski definition) is 0. The van der Waals surface area contributed by atoms with E-state index in [1.165, 1.54) is 31.4 Å². The maximum absolute atomic E-state index is 13.2. The minimum atomic E-state index is -0.199. The van der Waals surface area contributed by atoms with Crippen molar-refractivity contribution in [2.75, 3.05) is 13.1 Å².